The number of hydrogen-bond donors (Lipinski definition) is 0. The number of rotatable bonds is 2. The van der Waals surface area contributed by atoms with E-state index in [1.54, 1.807) is 6.07 Å². The zero-order valence-corrected chi connectivity index (χ0v) is 15.8. The molecule has 1 saturated heterocycles. The van der Waals surface area contributed by atoms with Crippen molar-refractivity contribution in [3.63, 3.8) is 0 Å². The highest BCUT2D eigenvalue weighted by molar-refractivity contribution is 5.95. The maximum absolute atomic E-state index is 13.1. The van der Waals surface area contributed by atoms with Crippen LogP contribution in [0.2, 0.25) is 0 Å². The zero-order chi connectivity index (χ0) is 19.1. The quantitative estimate of drug-likeness (QED) is 0.686. The number of aryl methyl sites for hydroxylation is 1. The van der Waals surface area contributed by atoms with Gasteiger partial charge in [-0.25, -0.2) is 9.50 Å². The van der Waals surface area contributed by atoms with Gasteiger partial charge in [0.05, 0.1) is 11.4 Å². The van der Waals surface area contributed by atoms with Crippen LogP contribution in [0.1, 0.15) is 40.5 Å². The fourth-order valence-corrected chi connectivity index (χ4v) is 4.10. The Bertz CT molecular complexity index is 1050. The van der Waals surface area contributed by atoms with E-state index in [0.29, 0.717) is 36.8 Å². The molecule has 2 aromatic heterocycles. The van der Waals surface area contributed by atoms with Crippen LogP contribution in [0.4, 0.5) is 0 Å². The maximum atomic E-state index is 13.1. The molecule has 7 nitrogen and oxygen atoms in total. The molecule has 0 spiro atoms. The standard InChI is InChI=1S/C21H22N4O3/c1-14-11-20-22-7-6-17(25(20)23-14)16-3-2-8-24(13-16)21(26)15-4-5-18-19(12-15)28-10-9-27-18/h4-7,11-12,16H,2-3,8-10,13H2,1H3. The van der Waals surface area contributed by atoms with Gasteiger partial charge in [-0.3, -0.25) is 4.79 Å². The van der Waals surface area contributed by atoms with Crippen molar-refractivity contribution >= 4 is 11.6 Å². The average molecular weight is 378 g/mol. The Morgan fingerprint density at radius 1 is 1.14 bits per heavy atom. The Hall–Kier alpha value is -3.09. The third-order valence-corrected chi connectivity index (χ3v) is 5.43. The smallest absolute Gasteiger partial charge is 0.254 e. The largest absolute Gasteiger partial charge is 0.486 e. The molecule has 5 rings (SSSR count). The summed E-state index contributed by atoms with van der Waals surface area (Å²) >= 11 is 0. The number of hydrogen-bond acceptors (Lipinski definition) is 5. The van der Waals surface area contributed by atoms with Crippen LogP contribution in [0.3, 0.4) is 0 Å². The monoisotopic (exact) mass is 378 g/mol. The van der Waals surface area contributed by atoms with Crippen molar-refractivity contribution in [2.24, 2.45) is 0 Å². The molecular weight excluding hydrogens is 356 g/mol. The second-order valence-electron chi connectivity index (χ2n) is 7.37. The Morgan fingerprint density at radius 2 is 2.00 bits per heavy atom. The number of piperidine rings is 1. The van der Waals surface area contributed by atoms with Crippen LogP contribution >= 0.6 is 0 Å². The number of carbonyl (C=O) groups is 1. The number of nitrogens with zero attached hydrogens (tertiary/aromatic N) is 4. The van der Waals surface area contributed by atoms with Crippen LogP contribution in [-0.2, 0) is 0 Å². The van der Waals surface area contributed by atoms with Gasteiger partial charge in [-0.05, 0) is 44.0 Å². The fourth-order valence-electron chi connectivity index (χ4n) is 4.10. The van der Waals surface area contributed by atoms with Gasteiger partial charge in [0.15, 0.2) is 17.1 Å². The second-order valence-corrected chi connectivity index (χ2v) is 7.37. The van der Waals surface area contributed by atoms with Gasteiger partial charge in [-0.2, -0.15) is 5.10 Å². The van der Waals surface area contributed by atoms with Crippen LogP contribution in [0.15, 0.2) is 36.5 Å². The van der Waals surface area contributed by atoms with E-state index in [0.717, 1.165) is 36.4 Å². The number of likely N-dealkylation sites (tertiary alicyclic amines) is 1. The van der Waals surface area contributed by atoms with Crippen molar-refractivity contribution < 1.29 is 14.3 Å². The molecule has 1 fully saturated rings. The SMILES string of the molecule is Cc1cc2nccc(C3CCCN(C(=O)c4ccc5c(c4)OCCO5)C3)n2n1. The van der Waals surface area contributed by atoms with Crippen LogP contribution in [0.5, 0.6) is 11.5 Å². The summed E-state index contributed by atoms with van der Waals surface area (Å²) < 4.78 is 13.1. The van der Waals surface area contributed by atoms with Crippen LogP contribution in [0.25, 0.3) is 5.65 Å². The summed E-state index contributed by atoms with van der Waals surface area (Å²) in [4.78, 5) is 19.5. The molecule has 0 bridgehead atoms. The normalized spacial score (nSPS) is 19.0. The lowest BCUT2D eigenvalue weighted by molar-refractivity contribution is 0.0704. The summed E-state index contributed by atoms with van der Waals surface area (Å²) in [5, 5.41) is 4.58. The van der Waals surface area contributed by atoms with Crippen molar-refractivity contribution in [1.82, 2.24) is 19.5 Å². The summed E-state index contributed by atoms with van der Waals surface area (Å²) in [7, 11) is 0. The first-order valence-electron chi connectivity index (χ1n) is 9.69. The molecule has 0 aliphatic carbocycles. The second kappa shape index (κ2) is 6.82. The van der Waals surface area contributed by atoms with E-state index in [9.17, 15) is 4.79 Å². The van der Waals surface area contributed by atoms with E-state index in [4.69, 9.17) is 9.47 Å². The Balaban J connectivity index is 1.40. The van der Waals surface area contributed by atoms with Crippen molar-refractivity contribution in [3.8, 4) is 11.5 Å². The zero-order valence-electron chi connectivity index (χ0n) is 15.8. The van der Waals surface area contributed by atoms with E-state index in [2.05, 4.69) is 10.1 Å². The van der Waals surface area contributed by atoms with Crippen LogP contribution < -0.4 is 9.47 Å². The lowest BCUT2D eigenvalue weighted by atomic mass is 9.94. The molecule has 2 aliphatic rings. The molecular formula is C21H22N4O3. The van der Waals surface area contributed by atoms with E-state index >= 15 is 0 Å². The van der Waals surface area contributed by atoms with Gasteiger partial charge in [0.2, 0.25) is 0 Å². The number of fused-ring (bicyclic) bond motifs is 2. The molecule has 1 unspecified atom stereocenters. The highest BCUT2D eigenvalue weighted by Gasteiger charge is 2.28. The number of amides is 1. The van der Waals surface area contributed by atoms with E-state index < -0.39 is 0 Å². The van der Waals surface area contributed by atoms with Crippen LogP contribution in [0, 0.1) is 6.92 Å². The molecule has 0 radical (unpaired) electrons. The van der Waals surface area contributed by atoms with Gasteiger partial charge >= 0.3 is 0 Å². The van der Waals surface area contributed by atoms with Gasteiger partial charge in [0.25, 0.3) is 5.91 Å². The van der Waals surface area contributed by atoms with Gasteiger partial charge in [-0.1, -0.05) is 0 Å². The predicted octanol–water partition coefficient (Wildman–Crippen LogP) is 2.83. The Morgan fingerprint density at radius 3 is 2.89 bits per heavy atom. The van der Waals surface area contributed by atoms with E-state index in [1.165, 1.54) is 0 Å². The molecule has 7 heteroatoms. The van der Waals surface area contributed by atoms with Crippen molar-refractivity contribution in [1.29, 1.82) is 0 Å². The molecule has 28 heavy (non-hydrogen) atoms. The number of benzene rings is 1. The summed E-state index contributed by atoms with van der Waals surface area (Å²) in [6, 6.07) is 9.43. The molecule has 0 saturated carbocycles. The van der Waals surface area contributed by atoms with Crippen LogP contribution in [-0.4, -0.2) is 51.7 Å². The Kier molecular flexibility index (Phi) is 4.15. The van der Waals surface area contributed by atoms with Crippen molar-refractivity contribution in [3.05, 3.63) is 53.5 Å². The lowest BCUT2D eigenvalue weighted by Gasteiger charge is -2.33. The van der Waals surface area contributed by atoms with E-state index in [1.807, 2.05) is 46.8 Å². The highest BCUT2D eigenvalue weighted by atomic mass is 16.6. The predicted molar refractivity (Wildman–Crippen MR) is 103 cm³/mol. The van der Waals surface area contributed by atoms with Crippen molar-refractivity contribution in [2.45, 2.75) is 25.7 Å². The van der Waals surface area contributed by atoms with E-state index in [-0.39, 0.29) is 11.8 Å². The molecule has 0 N–H and O–H groups in total. The Labute approximate surface area is 162 Å². The third kappa shape index (κ3) is 2.96. The van der Waals surface area contributed by atoms with Crippen molar-refractivity contribution in [2.75, 3.05) is 26.3 Å². The fraction of sp³-hybridized carbons (Fsp3) is 0.381. The number of ether oxygens (including phenoxy) is 2. The molecule has 1 aromatic carbocycles. The first-order chi connectivity index (χ1) is 13.7. The highest BCUT2D eigenvalue weighted by Crippen LogP contribution is 2.32. The minimum absolute atomic E-state index is 0.0311. The van der Waals surface area contributed by atoms with Gasteiger partial charge in [0.1, 0.15) is 13.2 Å². The first kappa shape index (κ1) is 17.0. The number of carbonyl (C=O) groups excluding carboxylic acids is 1. The van der Waals surface area contributed by atoms with Gasteiger partial charge in [0, 0.05) is 36.8 Å². The molecule has 4 heterocycles. The average Bonchev–Trinajstić information content (AvgIpc) is 3.13. The maximum Gasteiger partial charge on any atom is 0.254 e. The number of aromatic nitrogens is 3. The van der Waals surface area contributed by atoms with Gasteiger partial charge < -0.3 is 14.4 Å². The first-order valence-corrected chi connectivity index (χ1v) is 9.69. The molecule has 1 atom stereocenters. The molecule has 1 amide bonds. The molecule has 144 valence electrons. The topological polar surface area (TPSA) is 69.0 Å². The summed E-state index contributed by atoms with van der Waals surface area (Å²) in [5.41, 5.74) is 3.54. The molecule has 3 aromatic rings. The third-order valence-electron chi connectivity index (χ3n) is 5.43. The minimum Gasteiger partial charge on any atom is -0.486 e. The minimum atomic E-state index is 0.0311. The lowest BCUT2D eigenvalue weighted by Crippen LogP contribution is -2.39. The summed E-state index contributed by atoms with van der Waals surface area (Å²) in [6.45, 7) is 4.46. The molecule has 2 aliphatic heterocycles. The summed E-state index contributed by atoms with van der Waals surface area (Å²) in [5.74, 6) is 1.62. The summed E-state index contributed by atoms with van der Waals surface area (Å²) in [6.07, 6.45) is 3.82. The van der Waals surface area contributed by atoms with Gasteiger partial charge in [-0.15, -0.1) is 0 Å².